The van der Waals surface area contributed by atoms with Crippen molar-refractivity contribution in [2.24, 2.45) is 0 Å². The van der Waals surface area contributed by atoms with Gasteiger partial charge in [-0.2, -0.15) is 0 Å². The van der Waals surface area contributed by atoms with Gasteiger partial charge in [-0.1, -0.05) is 0 Å². The van der Waals surface area contributed by atoms with E-state index in [0.29, 0.717) is 33.1 Å². The Labute approximate surface area is 99.7 Å². The van der Waals surface area contributed by atoms with Crippen molar-refractivity contribution in [3.05, 3.63) is 0 Å². The van der Waals surface area contributed by atoms with Gasteiger partial charge in [0, 0.05) is 32.8 Å². The van der Waals surface area contributed by atoms with Gasteiger partial charge in [0.15, 0.2) is 0 Å². The minimum Gasteiger partial charge on any atom is -0.336 e. The largest absolute Gasteiger partial charge is 0.336 e. The standard InChI is InChI=1S/C9H18N6O2/c16-8-12-1-3-14(8)6-10-5-11-7-15-4-2-13-9(15)17/h10-11H,1-7H2,(H,12,16)(H,13,17). The Balaban J connectivity index is 1.51. The van der Waals surface area contributed by atoms with E-state index in [1.54, 1.807) is 9.80 Å². The highest BCUT2D eigenvalue weighted by atomic mass is 16.2. The second kappa shape index (κ2) is 5.69. The highest BCUT2D eigenvalue weighted by Gasteiger charge is 2.19. The van der Waals surface area contributed by atoms with E-state index in [1.165, 1.54) is 0 Å². The maximum Gasteiger partial charge on any atom is 0.318 e. The number of amides is 4. The Morgan fingerprint density at radius 1 is 0.941 bits per heavy atom. The molecule has 0 spiro atoms. The summed E-state index contributed by atoms with van der Waals surface area (Å²) in [5, 5.41) is 11.6. The molecule has 0 saturated carbocycles. The number of nitrogens with one attached hydrogen (secondary N) is 4. The van der Waals surface area contributed by atoms with Crippen molar-refractivity contribution in [3.8, 4) is 0 Å². The molecule has 17 heavy (non-hydrogen) atoms. The summed E-state index contributed by atoms with van der Waals surface area (Å²) >= 11 is 0. The van der Waals surface area contributed by atoms with E-state index in [-0.39, 0.29) is 12.1 Å². The van der Waals surface area contributed by atoms with Gasteiger partial charge in [0.05, 0.1) is 13.3 Å². The fraction of sp³-hybridized carbons (Fsp3) is 0.778. The lowest BCUT2D eigenvalue weighted by Gasteiger charge is -2.17. The van der Waals surface area contributed by atoms with Gasteiger partial charge in [-0.25, -0.2) is 9.59 Å². The van der Waals surface area contributed by atoms with Gasteiger partial charge in [0.25, 0.3) is 0 Å². The van der Waals surface area contributed by atoms with Crippen LogP contribution in [0.1, 0.15) is 0 Å². The van der Waals surface area contributed by atoms with Crippen LogP contribution in [0.25, 0.3) is 0 Å². The molecule has 2 aliphatic heterocycles. The third-order valence-corrected chi connectivity index (χ3v) is 2.75. The molecular weight excluding hydrogens is 224 g/mol. The molecule has 8 heteroatoms. The Kier molecular flexibility index (Phi) is 3.99. The first kappa shape index (κ1) is 11.9. The molecule has 8 nitrogen and oxygen atoms in total. The number of rotatable bonds is 6. The third kappa shape index (κ3) is 3.21. The van der Waals surface area contributed by atoms with E-state index in [2.05, 4.69) is 21.3 Å². The zero-order chi connectivity index (χ0) is 12.1. The van der Waals surface area contributed by atoms with Crippen molar-refractivity contribution in [3.63, 3.8) is 0 Å². The van der Waals surface area contributed by atoms with E-state index >= 15 is 0 Å². The molecule has 0 bridgehead atoms. The molecule has 96 valence electrons. The number of hydrogen-bond donors (Lipinski definition) is 4. The molecule has 2 heterocycles. The van der Waals surface area contributed by atoms with Gasteiger partial charge >= 0.3 is 12.1 Å². The number of carbonyl (C=O) groups is 2. The second-order valence-electron chi connectivity index (χ2n) is 3.98. The molecule has 4 N–H and O–H groups in total. The summed E-state index contributed by atoms with van der Waals surface area (Å²) in [6.45, 7) is 4.49. The van der Waals surface area contributed by atoms with E-state index in [1.807, 2.05) is 0 Å². The quantitative estimate of drug-likeness (QED) is 0.323. The number of urea groups is 2. The smallest absolute Gasteiger partial charge is 0.318 e. The van der Waals surface area contributed by atoms with Crippen LogP contribution in [0, 0.1) is 0 Å². The van der Waals surface area contributed by atoms with E-state index in [9.17, 15) is 9.59 Å². The maximum absolute atomic E-state index is 11.2. The molecule has 0 aliphatic carbocycles. The van der Waals surface area contributed by atoms with Crippen LogP contribution < -0.4 is 21.3 Å². The van der Waals surface area contributed by atoms with Crippen molar-refractivity contribution in [2.45, 2.75) is 0 Å². The molecular formula is C9H18N6O2. The van der Waals surface area contributed by atoms with Crippen LogP contribution in [0.15, 0.2) is 0 Å². The summed E-state index contributed by atoms with van der Waals surface area (Å²) in [5.41, 5.74) is 0. The van der Waals surface area contributed by atoms with Crippen LogP contribution in [0.4, 0.5) is 9.59 Å². The van der Waals surface area contributed by atoms with E-state index in [0.717, 1.165) is 13.1 Å². The first-order valence-corrected chi connectivity index (χ1v) is 5.74. The highest BCUT2D eigenvalue weighted by Crippen LogP contribution is 1.94. The number of hydrogen-bond acceptors (Lipinski definition) is 4. The summed E-state index contributed by atoms with van der Waals surface area (Å²) in [5.74, 6) is 0. The third-order valence-electron chi connectivity index (χ3n) is 2.75. The molecule has 0 aromatic carbocycles. The Bertz CT molecular complexity index is 269. The highest BCUT2D eigenvalue weighted by molar-refractivity contribution is 5.76. The molecule has 0 aromatic heterocycles. The van der Waals surface area contributed by atoms with Crippen molar-refractivity contribution in [1.29, 1.82) is 0 Å². The molecule has 0 atom stereocenters. The van der Waals surface area contributed by atoms with Crippen LogP contribution in [-0.4, -0.2) is 68.0 Å². The first-order chi connectivity index (χ1) is 8.27. The SMILES string of the molecule is O=C1NCCN1CNCNCN1CCNC1=O. The monoisotopic (exact) mass is 242 g/mol. The summed E-state index contributed by atoms with van der Waals surface area (Å²) in [6.07, 6.45) is 0. The lowest BCUT2D eigenvalue weighted by Crippen LogP contribution is -2.44. The Morgan fingerprint density at radius 2 is 1.41 bits per heavy atom. The van der Waals surface area contributed by atoms with Gasteiger partial charge in [-0.3, -0.25) is 10.6 Å². The van der Waals surface area contributed by atoms with Gasteiger partial charge in [0.1, 0.15) is 0 Å². The predicted molar refractivity (Wildman–Crippen MR) is 61.1 cm³/mol. The van der Waals surface area contributed by atoms with Crippen LogP contribution in [0.3, 0.4) is 0 Å². The normalized spacial score (nSPS) is 19.8. The minimum atomic E-state index is -0.0311. The van der Waals surface area contributed by atoms with Crippen molar-refractivity contribution in [2.75, 3.05) is 46.2 Å². The average Bonchev–Trinajstić information content (AvgIpc) is 2.89. The van der Waals surface area contributed by atoms with E-state index in [4.69, 9.17) is 0 Å². The lowest BCUT2D eigenvalue weighted by molar-refractivity contribution is 0.208. The summed E-state index contributed by atoms with van der Waals surface area (Å²) in [6, 6.07) is -0.0622. The molecule has 2 aliphatic rings. The second-order valence-corrected chi connectivity index (χ2v) is 3.98. The van der Waals surface area contributed by atoms with Gasteiger partial charge < -0.3 is 20.4 Å². The van der Waals surface area contributed by atoms with Crippen LogP contribution in [-0.2, 0) is 0 Å². The maximum atomic E-state index is 11.2. The van der Waals surface area contributed by atoms with Crippen LogP contribution in [0.5, 0.6) is 0 Å². The first-order valence-electron chi connectivity index (χ1n) is 5.74. The van der Waals surface area contributed by atoms with E-state index < -0.39 is 0 Å². The van der Waals surface area contributed by atoms with Gasteiger partial charge in [-0.15, -0.1) is 0 Å². The van der Waals surface area contributed by atoms with Crippen LogP contribution in [0.2, 0.25) is 0 Å². The Hall–Kier alpha value is -1.54. The molecule has 0 aromatic rings. The van der Waals surface area contributed by atoms with Crippen LogP contribution >= 0.6 is 0 Å². The van der Waals surface area contributed by atoms with Gasteiger partial charge in [-0.05, 0) is 0 Å². The number of carbonyl (C=O) groups excluding carboxylic acids is 2. The fourth-order valence-corrected chi connectivity index (χ4v) is 1.79. The predicted octanol–water partition coefficient (Wildman–Crippen LogP) is -1.91. The fourth-order valence-electron chi connectivity index (χ4n) is 1.79. The van der Waals surface area contributed by atoms with Gasteiger partial charge in [0.2, 0.25) is 0 Å². The van der Waals surface area contributed by atoms with Crippen molar-refractivity contribution < 1.29 is 9.59 Å². The Morgan fingerprint density at radius 3 is 1.76 bits per heavy atom. The summed E-state index contributed by atoms with van der Waals surface area (Å²) in [7, 11) is 0. The summed E-state index contributed by atoms with van der Waals surface area (Å²) < 4.78 is 0. The molecule has 2 saturated heterocycles. The average molecular weight is 242 g/mol. The molecule has 4 amide bonds. The lowest BCUT2D eigenvalue weighted by atomic mass is 10.6. The summed E-state index contributed by atoms with van der Waals surface area (Å²) in [4.78, 5) is 25.8. The zero-order valence-corrected chi connectivity index (χ0v) is 9.66. The topological polar surface area (TPSA) is 88.7 Å². The zero-order valence-electron chi connectivity index (χ0n) is 9.66. The number of nitrogens with zero attached hydrogens (tertiary/aromatic N) is 2. The molecule has 2 fully saturated rings. The minimum absolute atomic E-state index is 0.0311. The van der Waals surface area contributed by atoms with Crippen molar-refractivity contribution in [1.82, 2.24) is 31.1 Å². The molecule has 0 unspecified atom stereocenters. The van der Waals surface area contributed by atoms with Crippen molar-refractivity contribution >= 4 is 12.1 Å². The molecule has 0 radical (unpaired) electrons. The molecule has 2 rings (SSSR count).